The van der Waals surface area contributed by atoms with Gasteiger partial charge in [0.15, 0.2) is 11.4 Å². The van der Waals surface area contributed by atoms with Crippen LogP contribution in [0.4, 0.5) is 4.79 Å². The minimum Gasteiger partial charge on any atom is -0.466 e. The van der Waals surface area contributed by atoms with E-state index in [0.717, 1.165) is 11.3 Å². The molecule has 9 heteroatoms. The molecule has 0 radical (unpaired) electrons. The number of nitrogens with one attached hydrogen (secondary N) is 1. The zero-order valence-corrected chi connectivity index (χ0v) is 12.3. The van der Waals surface area contributed by atoms with E-state index in [1.165, 1.54) is 6.26 Å². The van der Waals surface area contributed by atoms with Crippen LogP contribution in [0.25, 0.3) is 0 Å². The van der Waals surface area contributed by atoms with Crippen molar-refractivity contribution < 1.29 is 14.0 Å². The number of carbonyl (C=O) groups is 2. The average Bonchev–Trinajstić information content (AvgIpc) is 3.19. The molecule has 0 saturated carbocycles. The second-order valence-corrected chi connectivity index (χ2v) is 5.24. The van der Waals surface area contributed by atoms with Gasteiger partial charge in [0.1, 0.15) is 5.76 Å². The number of nitrogens with zero attached hydrogens (tertiary/aromatic N) is 5. The van der Waals surface area contributed by atoms with Crippen LogP contribution in [-0.4, -0.2) is 37.0 Å². The van der Waals surface area contributed by atoms with E-state index in [1.54, 1.807) is 23.7 Å². The fourth-order valence-electron chi connectivity index (χ4n) is 2.43. The van der Waals surface area contributed by atoms with E-state index in [0.29, 0.717) is 18.1 Å². The van der Waals surface area contributed by atoms with Crippen molar-refractivity contribution in [3.8, 4) is 0 Å². The Hall–Kier alpha value is -2.71. The topological polar surface area (TPSA) is 106 Å². The van der Waals surface area contributed by atoms with Crippen LogP contribution in [0.5, 0.6) is 0 Å². The number of furan rings is 1. The molecule has 1 fully saturated rings. The number of carbonyl (C=O) groups excluding carboxylic acids is 2. The minimum atomic E-state index is -1.20. The summed E-state index contributed by atoms with van der Waals surface area (Å²) in [6, 6.07) is 2.84. The predicted octanol–water partition coefficient (Wildman–Crippen LogP) is 0.643. The van der Waals surface area contributed by atoms with Crippen LogP contribution in [0, 0.1) is 0 Å². The number of aromatic nitrogens is 4. The van der Waals surface area contributed by atoms with Crippen molar-refractivity contribution in [1.82, 2.24) is 30.4 Å². The Morgan fingerprint density at radius 2 is 2.23 bits per heavy atom. The fourth-order valence-corrected chi connectivity index (χ4v) is 2.43. The molecule has 0 spiro atoms. The van der Waals surface area contributed by atoms with Crippen LogP contribution in [0.3, 0.4) is 0 Å². The lowest BCUT2D eigenvalue weighted by Crippen LogP contribution is -2.40. The molecule has 1 unspecified atom stereocenters. The van der Waals surface area contributed by atoms with Crippen molar-refractivity contribution in [3.63, 3.8) is 0 Å². The van der Waals surface area contributed by atoms with E-state index in [4.69, 9.17) is 4.42 Å². The van der Waals surface area contributed by atoms with Gasteiger partial charge in [-0.2, -0.15) is 0 Å². The van der Waals surface area contributed by atoms with Crippen molar-refractivity contribution in [1.29, 1.82) is 0 Å². The van der Waals surface area contributed by atoms with Gasteiger partial charge < -0.3 is 9.73 Å². The van der Waals surface area contributed by atoms with E-state index in [2.05, 4.69) is 20.8 Å². The highest BCUT2D eigenvalue weighted by atomic mass is 16.3. The first-order chi connectivity index (χ1) is 10.6. The number of amides is 3. The normalized spacial score (nSPS) is 21.5. The summed E-state index contributed by atoms with van der Waals surface area (Å²) in [7, 11) is 0. The predicted molar refractivity (Wildman–Crippen MR) is 73.2 cm³/mol. The van der Waals surface area contributed by atoms with Crippen molar-refractivity contribution in [3.05, 3.63) is 30.0 Å². The van der Waals surface area contributed by atoms with Gasteiger partial charge in [0.2, 0.25) is 0 Å². The Bertz CT molecular complexity index is 694. The molecule has 2 aromatic rings. The third-order valence-electron chi connectivity index (χ3n) is 3.63. The van der Waals surface area contributed by atoms with Gasteiger partial charge in [-0.15, -0.1) is 5.10 Å². The van der Waals surface area contributed by atoms with Crippen molar-refractivity contribution in [2.24, 2.45) is 0 Å². The standard InChI is InChI=1S/C13H16N6O3/c1-3-6-19-10(15-16-17-19)8-18-11(20)13(2,14-12(18)21)9-5-4-7-22-9/h4-5,7H,3,6,8H2,1-2H3,(H,14,21). The third kappa shape index (κ3) is 2.14. The molecule has 9 nitrogen and oxygen atoms in total. The number of hydrogen-bond acceptors (Lipinski definition) is 6. The largest absolute Gasteiger partial charge is 0.466 e. The molecular weight excluding hydrogens is 288 g/mol. The molecule has 1 aliphatic rings. The molecule has 116 valence electrons. The smallest absolute Gasteiger partial charge is 0.325 e. The van der Waals surface area contributed by atoms with Crippen molar-refractivity contribution in [2.45, 2.75) is 38.9 Å². The number of rotatable bonds is 5. The van der Waals surface area contributed by atoms with Crippen molar-refractivity contribution in [2.75, 3.05) is 0 Å². The fraction of sp³-hybridized carbons (Fsp3) is 0.462. The molecule has 22 heavy (non-hydrogen) atoms. The second kappa shape index (κ2) is 5.24. The molecule has 1 N–H and O–H groups in total. The van der Waals surface area contributed by atoms with Gasteiger partial charge in [0, 0.05) is 6.54 Å². The van der Waals surface area contributed by atoms with Crippen LogP contribution in [0.15, 0.2) is 22.8 Å². The number of imide groups is 1. The minimum absolute atomic E-state index is 0.0218. The molecule has 0 bridgehead atoms. The van der Waals surface area contributed by atoms with Gasteiger partial charge >= 0.3 is 6.03 Å². The maximum absolute atomic E-state index is 12.6. The summed E-state index contributed by atoms with van der Waals surface area (Å²) in [5.41, 5.74) is -1.20. The molecule has 2 aromatic heterocycles. The molecule has 3 rings (SSSR count). The highest BCUT2D eigenvalue weighted by molar-refractivity contribution is 6.06. The lowest BCUT2D eigenvalue weighted by Gasteiger charge is -2.18. The maximum atomic E-state index is 12.6. The van der Waals surface area contributed by atoms with E-state index < -0.39 is 17.5 Å². The van der Waals surface area contributed by atoms with Crippen LogP contribution >= 0.6 is 0 Å². The lowest BCUT2D eigenvalue weighted by atomic mass is 9.99. The van der Waals surface area contributed by atoms with Gasteiger partial charge in [0.05, 0.1) is 12.8 Å². The summed E-state index contributed by atoms with van der Waals surface area (Å²) in [6.45, 7) is 4.25. The first-order valence-corrected chi connectivity index (χ1v) is 6.99. The Balaban J connectivity index is 1.85. The molecule has 0 aromatic carbocycles. The number of tetrazole rings is 1. The molecule has 1 saturated heterocycles. The van der Waals surface area contributed by atoms with Crippen LogP contribution in [-0.2, 0) is 23.4 Å². The summed E-state index contributed by atoms with van der Waals surface area (Å²) >= 11 is 0. The van der Waals surface area contributed by atoms with Crippen LogP contribution in [0.2, 0.25) is 0 Å². The first kappa shape index (κ1) is 14.2. The van der Waals surface area contributed by atoms with Gasteiger partial charge in [-0.1, -0.05) is 6.92 Å². The average molecular weight is 304 g/mol. The van der Waals surface area contributed by atoms with Crippen LogP contribution in [0.1, 0.15) is 31.9 Å². The van der Waals surface area contributed by atoms with E-state index >= 15 is 0 Å². The van der Waals surface area contributed by atoms with Crippen LogP contribution < -0.4 is 5.32 Å². The number of hydrogen-bond donors (Lipinski definition) is 1. The number of urea groups is 1. The van der Waals surface area contributed by atoms with Gasteiger partial charge in [-0.25, -0.2) is 9.48 Å². The quantitative estimate of drug-likeness (QED) is 0.813. The molecule has 1 aliphatic heterocycles. The molecule has 3 amide bonds. The molecular formula is C13H16N6O3. The summed E-state index contributed by atoms with van der Waals surface area (Å²) < 4.78 is 6.86. The molecule has 1 atom stereocenters. The Morgan fingerprint density at radius 3 is 2.91 bits per heavy atom. The number of aryl methyl sites for hydroxylation is 1. The third-order valence-corrected chi connectivity index (χ3v) is 3.63. The van der Waals surface area contributed by atoms with E-state index in [9.17, 15) is 9.59 Å². The van der Waals surface area contributed by atoms with Gasteiger partial charge in [0.25, 0.3) is 5.91 Å². The Kier molecular flexibility index (Phi) is 3.39. The zero-order valence-electron chi connectivity index (χ0n) is 12.3. The molecule has 3 heterocycles. The maximum Gasteiger partial charge on any atom is 0.325 e. The van der Waals surface area contributed by atoms with E-state index in [1.807, 2.05) is 6.92 Å². The lowest BCUT2D eigenvalue weighted by molar-refractivity contribution is -0.132. The zero-order chi connectivity index (χ0) is 15.7. The highest BCUT2D eigenvalue weighted by Gasteiger charge is 2.51. The van der Waals surface area contributed by atoms with Gasteiger partial charge in [-0.05, 0) is 35.9 Å². The summed E-state index contributed by atoms with van der Waals surface area (Å²) in [5.74, 6) is 0.467. The monoisotopic (exact) mass is 304 g/mol. The highest BCUT2D eigenvalue weighted by Crippen LogP contribution is 2.29. The first-order valence-electron chi connectivity index (χ1n) is 6.99. The summed E-state index contributed by atoms with van der Waals surface area (Å²) in [6.07, 6.45) is 2.31. The van der Waals surface area contributed by atoms with Crippen molar-refractivity contribution >= 4 is 11.9 Å². The summed E-state index contributed by atoms with van der Waals surface area (Å²) in [4.78, 5) is 25.9. The SMILES string of the molecule is CCCn1nnnc1CN1C(=O)NC(C)(c2ccco2)C1=O. The summed E-state index contributed by atoms with van der Waals surface area (Å²) in [5, 5.41) is 14.0. The van der Waals surface area contributed by atoms with E-state index in [-0.39, 0.29) is 6.54 Å². The molecule has 0 aliphatic carbocycles. The second-order valence-electron chi connectivity index (χ2n) is 5.24. The Morgan fingerprint density at radius 1 is 1.41 bits per heavy atom. The Labute approximate surface area is 126 Å². The van der Waals surface area contributed by atoms with Gasteiger partial charge in [-0.3, -0.25) is 9.69 Å².